The van der Waals surface area contributed by atoms with Crippen LogP contribution in [0.2, 0.25) is 5.02 Å². The molecule has 3 rings (SSSR count). The van der Waals surface area contributed by atoms with Gasteiger partial charge in [-0.2, -0.15) is 0 Å². The average Bonchev–Trinajstić information content (AvgIpc) is 2.82. The molecule has 0 saturated carbocycles. The van der Waals surface area contributed by atoms with Crippen LogP contribution in [0, 0.1) is 0 Å². The van der Waals surface area contributed by atoms with E-state index in [1.165, 1.54) is 11.1 Å². The fraction of sp³-hybridized carbons (Fsp3) is 0.429. The lowest BCUT2D eigenvalue weighted by Crippen LogP contribution is -2.31. The molecule has 0 unspecified atom stereocenters. The Labute approximate surface area is 120 Å². The first-order valence-corrected chi connectivity index (χ1v) is 7.28. The monoisotopic (exact) mass is 328 g/mol. The van der Waals surface area contributed by atoms with Crippen molar-refractivity contribution in [3.05, 3.63) is 39.3 Å². The van der Waals surface area contributed by atoms with Gasteiger partial charge in [0.1, 0.15) is 0 Å². The van der Waals surface area contributed by atoms with Crippen molar-refractivity contribution < 1.29 is 9.47 Å². The molecule has 4 heteroatoms. The molecular weight excluding hydrogens is 316 g/mol. The van der Waals surface area contributed by atoms with Crippen molar-refractivity contribution in [1.82, 2.24) is 0 Å². The van der Waals surface area contributed by atoms with E-state index in [1.807, 2.05) is 6.07 Å². The summed E-state index contributed by atoms with van der Waals surface area (Å²) in [5.74, 6) is -0.340. The van der Waals surface area contributed by atoms with Gasteiger partial charge in [0.25, 0.3) is 0 Å². The van der Waals surface area contributed by atoms with Crippen LogP contribution in [0.25, 0.3) is 5.57 Å². The van der Waals surface area contributed by atoms with E-state index in [1.54, 1.807) is 0 Å². The van der Waals surface area contributed by atoms with Gasteiger partial charge in [0.15, 0.2) is 5.79 Å². The fourth-order valence-corrected chi connectivity index (χ4v) is 3.02. The number of halogens is 2. The van der Waals surface area contributed by atoms with Gasteiger partial charge in [0.05, 0.1) is 18.2 Å². The van der Waals surface area contributed by atoms with Crippen LogP contribution in [-0.2, 0) is 9.47 Å². The Morgan fingerprint density at radius 3 is 2.61 bits per heavy atom. The summed E-state index contributed by atoms with van der Waals surface area (Å²) in [5.41, 5.74) is 2.57. The van der Waals surface area contributed by atoms with Crippen molar-refractivity contribution in [2.75, 3.05) is 13.2 Å². The Morgan fingerprint density at radius 1 is 1.22 bits per heavy atom. The zero-order valence-electron chi connectivity index (χ0n) is 9.92. The Morgan fingerprint density at radius 2 is 2.00 bits per heavy atom. The zero-order chi connectivity index (χ0) is 12.6. The van der Waals surface area contributed by atoms with E-state index < -0.39 is 0 Å². The van der Waals surface area contributed by atoms with E-state index in [0.717, 1.165) is 42.0 Å². The molecule has 1 aromatic rings. The van der Waals surface area contributed by atoms with Crippen LogP contribution in [0.4, 0.5) is 0 Å². The molecule has 1 heterocycles. The summed E-state index contributed by atoms with van der Waals surface area (Å²) in [6, 6.07) is 6.06. The predicted molar refractivity (Wildman–Crippen MR) is 75.6 cm³/mol. The largest absolute Gasteiger partial charge is 0.347 e. The molecule has 96 valence electrons. The molecule has 0 bridgehead atoms. The summed E-state index contributed by atoms with van der Waals surface area (Å²) < 4.78 is 12.4. The molecule has 1 aliphatic carbocycles. The molecule has 18 heavy (non-hydrogen) atoms. The number of ether oxygens (including phenoxy) is 2. The number of rotatable bonds is 1. The molecular formula is C14H14BrClO2. The summed E-state index contributed by atoms with van der Waals surface area (Å²) in [5, 5.41) is 0.745. The van der Waals surface area contributed by atoms with Crippen molar-refractivity contribution in [1.29, 1.82) is 0 Å². The van der Waals surface area contributed by atoms with Crippen LogP contribution >= 0.6 is 27.5 Å². The standard InChI is InChI=1S/C14H14BrClO2/c15-12-9-11(1-2-13(12)16)10-3-5-14(6-4-10)17-7-8-18-14/h1-3,9H,4-8H2. The van der Waals surface area contributed by atoms with Crippen molar-refractivity contribution in [2.24, 2.45) is 0 Å². The van der Waals surface area contributed by atoms with Gasteiger partial charge >= 0.3 is 0 Å². The van der Waals surface area contributed by atoms with Gasteiger partial charge in [-0.3, -0.25) is 0 Å². The molecule has 0 amide bonds. The zero-order valence-corrected chi connectivity index (χ0v) is 12.3. The van der Waals surface area contributed by atoms with Crippen LogP contribution < -0.4 is 0 Å². The van der Waals surface area contributed by atoms with E-state index in [2.05, 4.69) is 34.1 Å². The number of hydrogen-bond donors (Lipinski definition) is 0. The van der Waals surface area contributed by atoms with Gasteiger partial charge in [0, 0.05) is 17.3 Å². The molecule has 1 saturated heterocycles. The second-order valence-electron chi connectivity index (χ2n) is 4.67. The van der Waals surface area contributed by atoms with E-state index >= 15 is 0 Å². The lowest BCUT2D eigenvalue weighted by molar-refractivity contribution is -0.159. The first kappa shape index (κ1) is 12.7. The van der Waals surface area contributed by atoms with Gasteiger partial charge < -0.3 is 9.47 Å². The molecule has 1 spiro atoms. The molecule has 2 aliphatic rings. The van der Waals surface area contributed by atoms with E-state index in [4.69, 9.17) is 21.1 Å². The fourth-order valence-electron chi connectivity index (χ4n) is 2.53. The highest BCUT2D eigenvalue weighted by Gasteiger charge is 2.37. The van der Waals surface area contributed by atoms with Crippen molar-refractivity contribution in [3.8, 4) is 0 Å². The smallest absolute Gasteiger partial charge is 0.172 e. The van der Waals surface area contributed by atoms with Crippen LogP contribution in [0.1, 0.15) is 24.8 Å². The van der Waals surface area contributed by atoms with E-state index in [9.17, 15) is 0 Å². The molecule has 1 aromatic carbocycles. The van der Waals surface area contributed by atoms with Gasteiger partial charge in [-0.25, -0.2) is 0 Å². The Kier molecular flexibility index (Phi) is 3.50. The normalized spacial score (nSPS) is 22.2. The summed E-state index contributed by atoms with van der Waals surface area (Å²) in [6.07, 6.45) is 4.97. The van der Waals surface area contributed by atoms with E-state index in [-0.39, 0.29) is 5.79 Å². The first-order chi connectivity index (χ1) is 8.69. The Hall–Kier alpha value is -0.350. The van der Waals surface area contributed by atoms with Crippen LogP contribution in [0.5, 0.6) is 0 Å². The molecule has 0 radical (unpaired) electrons. The SMILES string of the molecule is Clc1ccc(C2=CCC3(CC2)OCCO3)cc1Br. The van der Waals surface area contributed by atoms with Crippen molar-refractivity contribution >= 4 is 33.1 Å². The minimum absolute atomic E-state index is 0.340. The lowest BCUT2D eigenvalue weighted by atomic mass is 9.90. The third kappa shape index (κ3) is 2.37. The second kappa shape index (κ2) is 4.97. The molecule has 1 fully saturated rings. The third-order valence-electron chi connectivity index (χ3n) is 3.54. The molecule has 2 nitrogen and oxygen atoms in total. The second-order valence-corrected chi connectivity index (χ2v) is 5.93. The lowest BCUT2D eigenvalue weighted by Gasteiger charge is -2.30. The number of hydrogen-bond acceptors (Lipinski definition) is 2. The summed E-state index contributed by atoms with van der Waals surface area (Å²) in [7, 11) is 0. The van der Waals surface area contributed by atoms with Crippen LogP contribution in [0.15, 0.2) is 28.7 Å². The van der Waals surface area contributed by atoms with Gasteiger partial charge in [0.2, 0.25) is 0 Å². The maximum atomic E-state index is 6.01. The minimum atomic E-state index is -0.340. The Bertz CT molecular complexity index is 493. The average molecular weight is 330 g/mol. The van der Waals surface area contributed by atoms with Gasteiger partial charge in [-0.15, -0.1) is 0 Å². The van der Waals surface area contributed by atoms with Gasteiger partial charge in [-0.1, -0.05) is 23.7 Å². The van der Waals surface area contributed by atoms with Crippen molar-refractivity contribution in [2.45, 2.75) is 25.0 Å². The number of allylic oxidation sites excluding steroid dienone is 1. The highest BCUT2D eigenvalue weighted by molar-refractivity contribution is 9.10. The van der Waals surface area contributed by atoms with Crippen molar-refractivity contribution in [3.63, 3.8) is 0 Å². The molecule has 0 aromatic heterocycles. The number of benzene rings is 1. The molecule has 0 atom stereocenters. The summed E-state index contributed by atoms with van der Waals surface area (Å²) in [6.45, 7) is 1.44. The molecule has 1 aliphatic heterocycles. The third-order valence-corrected chi connectivity index (χ3v) is 4.75. The first-order valence-electron chi connectivity index (χ1n) is 6.11. The quantitative estimate of drug-likeness (QED) is 0.759. The highest BCUT2D eigenvalue weighted by Crippen LogP contribution is 2.39. The Balaban J connectivity index is 1.81. The van der Waals surface area contributed by atoms with Gasteiger partial charge in [-0.05, 0) is 45.6 Å². The van der Waals surface area contributed by atoms with E-state index in [0.29, 0.717) is 0 Å². The topological polar surface area (TPSA) is 18.5 Å². The highest BCUT2D eigenvalue weighted by atomic mass is 79.9. The minimum Gasteiger partial charge on any atom is -0.347 e. The van der Waals surface area contributed by atoms with Crippen LogP contribution in [-0.4, -0.2) is 19.0 Å². The molecule has 0 N–H and O–H groups in total. The predicted octanol–water partition coefficient (Wildman–Crippen LogP) is 4.41. The summed E-state index contributed by atoms with van der Waals surface area (Å²) in [4.78, 5) is 0. The van der Waals surface area contributed by atoms with Crippen LogP contribution in [0.3, 0.4) is 0 Å². The maximum Gasteiger partial charge on any atom is 0.172 e. The maximum absolute atomic E-state index is 6.01. The summed E-state index contributed by atoms with van der Waals surface area (Å²) >= 11 is 9.48.